The quantitative estimate of drug-likeness (QED) is 0.425. The number of morpholine rings is 1. The Balaban J connectivity index is 1.17. The number of rotatable bonds is 9. The smallest absolute Gasteiger partial charge is 0.296 e. The number of nitrogens with one attached hydrogen (secondary N) is 1. The Labute approximate surface area is 230 Å². The average molecular weight is 558 g/mol. The lowest BCUT2D eigenvalue weighted by atomic mass is 10.1. The highest BCUT2D eigenvalue weighted by atomic mass is 19.3. The topological polar surface area (TPSA) is 107 Å². The number of anilines is 2. The fourth-order valence-corrected chi connectivity index (χ4v) is 5.24. The van der Waals surface area contributed by atoms with Crippen LogP contribution in [0.15, 0.2) is 30.3 Å². The highest BCUT2D eigenvalue weighted by molar-refractivity contribution is 5.79. The Morgan fingerprint density at radius 3 is 2.70 bits per heavy atom. The van der Waals surface area contributed by atoms with Gasteiger partial charge >= 0.3 is 0 Å². The first kappa shape index (κ1) is 26.8. The molecule has 3 fully saturated rings. The Hall–Kier alpha value is -3.42. The predicted octanol–water partition coefficient (Wildman–Crippen LogP) is 2.80. The number of hydrogen-bond acceptors (Lipinski definition) is 9. The maximum absolute atomic E-state index is 14.1. The van der Waals surface area contributed by atoms with Crippen molar-refractivity contribution in [3.63, 3.8) is 0 Å². The molecule has 1 atom stereocenters. The Morgan fingerprint density at radius 1 is 1.10 bits per heavy atom. The predicted molar refractivity (Wildman–Crippen MR) is 143 cm³/mol. The van der Waals surface area contributed by atoms with Gasteiger partial charge in [0.2, 0.25) is 11.9 Å². The summed E-state index contributed by atoms with van der Waals surface area (Å²) < 4.78 is 46.3. The third-order valence-corrected chi connectivity index (χ3v) is 7.40. The molecule has 1 unspecified atom stereocenters. The van der Waals surface area contributed by atoms with Crippen LogP contribution in [0.3, 0.4) is 0 Å². The van der Waals surface area contributed by atoms with Crippen LogP contribution in [0.25, 0.3) is 16.9 Å². The zero-order chi connectivity index (χ0) is 27.5. The number of ether oxygens (including phenoxy) is 3. The van der Waals surface area contributed by atoms with Crippen LogP contribution in [0.1, 0.15) is 31.5 Å². The Kier molecular flexibility index (Phi) is 8.03. The third kappa shape index (κ3) is 5.86. The number of imidazole rings is 1. The van der Waals surface area contributed by atoms with E-state index >= 15 is 0 Å². The zero-order valence-corrected chi connectivity index (χ0v) is 22.2. The van der Waals surface area contributed by atoms with Gasteiger partial charge in [-0.3, -0.25) is 9.36 Å². The summed E-state index contributed by atoms with van der Waals surface area (Å²) in [7, 11) is 0. The number of aromatic nitrogens is 4. The third-order valence-electron chi connectivity index (χ3n) is 7.40. The molecule has 214 valence electrons. The summed E-state index contributed by atoms with van der Waals surface area (Å²) in [6.07, 6.45) is 0.443. The number of alkyl halides is 2. The largest absolute Gasteiger partial charge is 0.378 e. The van der Waals surface area contributed by atoms with Crippen molar-refractivity contribution in [2.24, 2.45) is 0 Å². The van der Waals surface area contributed by atoms with E-state index in [9.17, 15) is 13.6 Å². The lowest BCUT2D eigenvalue weighted by Gasteiger charge is -2.40. The average Bonchev–Trinajstić information content (AvgIpc) is 3.36. The number of carbonyl (C=O) groups is 1. The number of hydrogen-bond donors (Lipinski definition) is 1. The molecule has 0 bridgehead atoms. The van der Waals surface area contributed by atoms with E-state index in [-0.39, 0.29) is 30.5 Å². The van der Waals surface area contributed by atoms with Crippen LogP contribution in [0.4, 0.5) is 20.5 Å². The SMILES string of the molecule is O=C(COCC1CCCCO1)N1CC(Nc2cc(-n3c(C(F)F)nc4ccccc43)nc(N3CCOCC3)n2)C1. The van der Waals surface area contributed by atoms with Crippen molar-refractivity contribution < 1.29 is 27.8 Å². The molecule has 13 heteroatoms. The standard InChI is InChI=1S/C27H33F2N7O4/c28-25(29)26-31-20-6-1-2-7-21(20)36(26)23-13-22(32-27(33-23)34-8-11-38-12-9-34)30-18-14-35(15-18)24(37)17-39-16-19-5-3-4-10-40-19/h1-2,6-7,13,18-19,25H,3-5,8-12,14-17H2,(H,30,32,33). The van der Waals surface area contributed by atoms with Gasteiger partial charge in [0.15, 0.2) is 5.82 Å². The van der Waals surface area contributed by atoms with E-state index in [0.717, 1.165) is 25.9 Å². The van der Waals surface area contributed by atoms with E-state index in [4.69, 9.17) is 19.2 Å². The summed E-state index contributed by atoms with van der Waals surface area (Å²) >= 11 is 0. The molecule has 0 aliphatic carbocycles. The first-order valence-corrected chi connectivity index (χ1v) is 13.8. The van der Waals surface area contributed by atoms with Gasteiger partial charge in [-0.15, -0.1) is 0 Å². The molecule has 1 N–H and O–H groups in total. The van der Waals surface area contributed by atoms with E-state index < -0.39 is 6.43 Å². The zero-order valence-electron chi connectivity index (χ0n) is 22.2. The second-order valence-electron chi connectivity index (χ2n) is 10.2. The van der Waals surface area contributed by atoms with Gasteiger partial charge in [0.25, 0.3) is 6.43 Å². The van der Waals surface area contributed by atoms with Crippen LogP contribution in [0, 0.1) is 0 Å². The van der Waals surface area contributed by atoms with E-state index in [1.165, 1.54) is 4.57 Å². The van der Waals surface area contributed by atoms with Gasteiger partial charge in [-0.1, -0.05) is 12.1 Å². The lowest BCUT2D eigenvalue weighted by molar-refractivity contribution is -0.142. The first-order chi connectivity index (χ1) is 19.5. The van der Waals surface area contributed by atoms with Crippen LogP contribution < -0.4 is 10.2 Å². The minimum absolute atomic E-state index is 0.0233. The van der Waals surface area contributed by atoms with Crippen molar-refractivity contribution in [3.8, 4) is 5.82 Å². The number of para-hydroxylation sites is 2. The summed E-state index contributed by atoms with van der Waals surface area (Å²) in [5.74, 6) is 0.767. The minimum Gasteiger partial charge on any atom is -0.378 e. The number of amides is 1. The number of benzene rings is 1. The normalized spacial score (nSPS) is 20.2. The van der Waals surface area contributed by atoms with Gasteiger partial charge in [-0.2, -0.15) is 9.97 Å². The molecule has 1 amide bonds. The van der Waals surface area contributed by atoms with Crippen molar-refractivity contribution in [2.45, 2.75) is 37.8 Å². The molecule has 3 aliphatic heterocycles. The molecular formula is C27H33F2N7O4. The molecule has 0 radical (unpaired) electrons. The summed E-state index contributed by atoms with van der Waals surface area (Å²) in [5.41, 5.74) is 0.999. The van der Waals surface area contributed by atoms with E-state index in [1.54, 1.807) is 35.2 Å². The summed E-state index contributed by atoms with van der Waals surface area (Å²) in [5, 5.41) is 3.36. The molecule has 2 aromatic heterocycles. The van der Waals surface area contributed by atoms with E-state index in [0.29, 0.717) is 74.6 Å². The molecule has 3 aliphatic rings. The van der Waals surface area contributed by atoms with Crippen molar-refractivity contribution in [3.05, 3.63) is 36.2 Å². The van der Waals surface area contributed by atoms with E-state index in [1.807, 2.05) is 4.90 Å². The van der Waals surface area contributed by atoms with E-state index in [2.05, 4.69) is 15.3 Å². The van der Waals surface area contributed by atoms with Crippen LogP contribution in [0.5, 0.6) is 0 Å². The maximum atomic E-state index is 14.1. The molecule has 0 spiro atoms. The summed E-state index contributed by atoms with van der Waals surface area (Å²) in [4.78, 5) is 29.8. The fraction of sp³-hybridized carbons (Fsp3) is 0.556. The maximum Gasteiger partial charge on any atom is 0.296 e. The number of halogens is 2. The van der Waals surface area contributed by atoms with Gasteiger partial charge in [0.05, 0.1) is 43.0 Å². The molecule has 11 nitrogen and oxygen atoms in total. The number of likely N-dealkylation sites (tertiary alicyclic amines) is 1. The minimum atomic E-state index is -2.79. The monoisotopic (exact) mass is 557 g/mol. The molecular weight excluding hydrogens is 524 g/mol. The van der Waals surface area contributed by atoms with Gasteiger partial charge < -0.3 is 29.3 Å². The number of nitrogens with zero attached hydrogens (tertiary/aromatic N) is 6. The lowest BCUT2D eigenvalue weighted by Crippen LogP contribution is -2.58. The highest BCUT2D eigenvalue weighted by Gasteiger charge is 2.32. The van der Waals surface area contributed by atoms with Gasteiger partial charge in [-0.05, 0) is 31.4 Å². The first-order valence-electron chi connectivity index (χ1n) is 13.8. The van der Waals surface area contributed by atoms with Crippen molar-refractivity contribution >= 4 is 28.7 Å². The Bertz CT molecular complexity index is 1320. The summed E-state index contributed by atoms with van der Waals surface area (Å²) in [6.45, 7) is 4.42. The molecule has 40 heavy (non-hydrogen) atoms. The number of carbonyl (C=O) groups excluding carboxylic acids is 1. The highest BCUT2D eigenvalue weighted by Crippen LogP contribution is 2.29. The van der Waals surface area contributed by atoms with Crippen molar-refractivity contribution in [2.75, 3.05) is 69.4 Å². The van der Waals surface area contributed by atoms with Crippen LogP contribution in [-0.2, 0) is 19.0 Å². The Morgan fingerprint density at radius 2 is 1.93 bits per heavy atom. The molecule has 6 rings (SSSR count). The number of fused-ring (bicyclic) bond motifs is 1. The van der Waals surface area contributed by atoms with Crippen LogP contribution in [-0.4, -0.2) is 102 Å². The molecule has 0 saturated carbocycles. The van der Waals surface area contributed by atoms with Crippen LogP contribution >= 0.6 is 0 Å². The second kappa shape index (κ2) is 12.0. The molecule has 3 saturated heterocycles. The summed E-state index contributed by atoms with van der Waals surface area (Å²) in [6, 6.07) is 8.61. The molecule has 3 aromatic rings. The van der Waals surface area contributed by atoms with Gasteiger partial charge in [0.1, 0.15) is 18.2 Å². The van der Waals surface area contributed by atoms with Gasteiger partial charge in [-0.25, -0.2) is 13.8 Å². The second-order valence-corrected chi connectivity index (χ2v) is 10.2. The van der Waals surface area contributed by atoms with Gasteiger partial charge in [0, 0.05) is 38.9 Å². The molecule has 1 aromatic carbocycles. The fourth-order valence-electron chi connectivity index (χ4n) is 5.24. The van der Waals surface area contributed by atoms with Crippen molar-refractivity contribution in [1.82, 2.24) is 24.4 Å². The molecule has 5 heterocycles. The van der Waals surface area contributed by atoms with Crippen molar-refractivity contribution in [1.29, 1.82) is 0 Å². The van der Waals surface area contributed by atoms with Crippen LogP contribution in [0.2, 0.25) is 0 Å².